The summed E-state index contributed by atoms with van der Waals surface area (Å²) in [6.45, 7) is -0.550. The molecule has 27 heavy (non-hydrogen) atoms. The van der Waals surface area contributed by atoms with Gasteiger partial charge in [-0.05, 0) is 29.8 Å². The van der Waals surface area contributed by atoms with Gasteiger partial charge in [-0.1, -0.05) is 12.1 Å². The Kier molecular flexibility index (Phi) is 4.52. The molecule has 0 fully saturated rings. The number of hydrogen-bond acceptors (Lipinski definition) is 5. The highest BCUT2D eigenvalue weighted by Gasteiger charge is 2.34. The molecule has 0 bridgehead atoms. The summed E-state index contributed by atoms with van der Waals surface area (Å²) < 4.78 is 53.3. The van der Waals surface area contributed by atoms with Crippen LogP contribution < -0.4 is 10.9 Å². The summed E-state index contributed by atoms with van der Waals surface area (Å²) in [5.74, 6) is -1.55. The van der Waals surface area contributed by atoms with Gasteiger partial charge in [0.1, 0.15) is 11.5 Å². The lowest BCUT2D eigenvalue weighted by Crippen LogP contribution is -2.21. The summed E-state index contributed by atoms with van der Waals surface area (Å²) in [6, 6.07) is 6.50. The molecule has 11 heteroatoms. The Hall–Kier alpha value is -3.50. The fourth-order valence-corrected chi connectivity index (χ4v) is 2.51. The van der Waals surface area contributed by atoms with Crippen molar-refractivity contribution < 1.29 is 22.5 Å². The quantitative estimate of drug-likeness (QED) is 0.425. The van der Waals surface area contributed by atoms with Gasteiger partial charge in [-0.15, -0.1) is 0 Å². The van der Waals surface area contributed by atoms with Gasteiger partial charge in [-0.2, -0.15) is 13.2 Å². The van der Waals surface area contributed by atoms with E-state index in [0.717, 1.165) is 16.5 Å². The SMILES string of the molecule is O=c1c([N+](=O)[O-])c(NCc2ccc(F)cc2C(F)(F)F)nc2ccccn12. The van der Waals surface area contributed by atoms with E-state index in [-0.39, 0.29) is 11.2 Å². The first-order chi connectivity index (χ1) is 12.7. The molecule has 0 aliphatic rings. The van der Waals surface area contributed by atoms with Crippen LogP contribution in [0.5, 0.6) is 0 Å². The van der Waals surface area contributed by atoms with Crippen LogP contribution in [0, 0.1) is 15.9 Å². The van der Waals surface area contributed by atoms with Gasteiger partial charge >= 0.3 is 17.4 Å². The average molecular weight is 382 g/mol. The van der Waals surface area contributed by atoms with Crippen molar-refractivity contribution in [2.24, 2.45) is 0 Å². The predicted octanol–water partition coefficient (Wildman–Crippen LogP) is 3.37. The number of benzene rings is 1. The molecule has 1 N–H and O–H groups in total. The lowest BCUT2D eigenvalue weighted by atomic mass is 10.1. The Bertz CT molecular complexity index is 1100. The van der Waals surface area contributed by atoms with Gasteiger partial charge in [0.25, 0.3) is 0 Å². The van der Waals surface area contributed by atoms with E-state index < -0.39 is 46.1 Å². The zero-order chi connectivity index (χ0) is 19.8. The van der Waals surface area contributed by atoms with E-state index in [9.17, 15) is 32.5 Å². The van der Waals surface area contributed by atoms with E-state index in [1.54, 1.807) is 6.07 Å². The summed E-state index contributed by atoms with van der Waals surface area (Å²) in [5.41, 5.74) is -3.40. The Morgan fingerprint density at radius 2 is 1.96 bits per heavy atom. The summed E-state index contributed by atoms with van der Waals surface area (Å²) in [6.07, 6.45) is -3.54. The third kappa shape index (κ3) is 3.57. The normalized spacial score (nSPS) is 11.6. The molecule has 140 valence electrons. The molecule has 3 rings (SSSR count). The number of rotatable bonds is 4. The molecule has 0 aliphatic heterocycles. The summed E-state index contributed by atoms with van der Waals surface area (Å²) in [7, 11) is 0. The topological polar surface area (TPSA) is 89.5 Å². The number of hydrogen-bond donors (Lipinski definition) is 1. The Balaban J connectivity index is 2.05. The summed E-state index contributed by atoms with van der Waals surface area (Å²) in [5, 5.41) is 13.6. The molecule has 0 spiro atoms. The van der Waals surface area contributed by atoms with Crippen molar-refractivity contribution in [3.05, 3.63) is 80.0 Å². The number of alkyl halides is 3. The number of anilines is 1. The van der Waals surface area contributed by atoms with Gasteiger partial charge in [0, 0.05) is 12.7 Å². The van der Waals surface area contributed by atoms with E-state index in [0.29, 0.717) is 6.07 Å². The first kappa shape index (κ1) is 18.3. The highest BCUT2D eigenvalue weighted by Crippen LogP contribution is 2.33. The number of halogens is 4. The predicted molar refractivity (Wildman–Crippen MR) is 86.8 cm³/mol. The van der Waals surface area contributed by atoms with Gasteiger partial charge in [0.15, 0.2) is 0 Å². The number of nitro groups is 1. The van der Waals surface area contributed by atoms with E-state index >= 15 is 0 Å². The molecule has 0 atom stereocenters. The molecular formula is C16H10F4N4O3. The van der Waals surface area contributed by atoms with Crippen LogP contribution in [0.15, 0.2) is 47.4 Å². The maximum absolute atomic E-state index is 13.2. The highest BCUT2D eigenvalue weighted by atomic mass is 19.4. The highest BCUT2D eigenvalue weighted by molar-refractivity contribution is 5.60. The third-order valence-electron chi connectivity index (χ3n) is 3.72. The van der Waals surface area contributed by atoms with Crippen LogP contribution in [0.4, 0.5) is 29.1 Å². The lowest BCUT2D eigenvalue weighted by Gasteiger charge is -2.14. The van der Waals surface area contributed by atoms with Crippen molar-refractivity contribution in [2.75, 3.05) is 5.32 Å². The monoisotopic (exact) mass is 382 g/mol. The fourth-order valence-electron chi connectivity index (χ4n) is 2.51. The molecule has 7 nitrogen and oxygen atoms in total. The zero-order valence-corrected chi connectivity index (χ0v) is 13.3. The molecule has 0 aliphatic carbocycles. The minimum absolute atomic E-state index is 0.0748. The number of nitrogens with one attached hydrogen (secondary N) is 1. The Morgan fingerprint density at radius 3 is 2.63 bits per heavy atom. The second-order valence-corrected chi connectivity index (χ2v) is 5.45. The number of fused-ring (bicyclic) bond motifs is 1. The van der Waals surface area contributed by atoms with Crippen LogP contribution in [0.25, 0.3) is 5.65 Å². The van der Waals surface area contributed by atoms with Gasteiger partial charge in [0.05, 0.1) is 10.5 Å². The standard InChI is InChI=1S/C16H10F4N4O3/c17-10-5-4-9(11(7-10)16(18,19)20)8-21-14-13(24(26)27)15(25)23-6-2-1-3-12(23)22-14/h1-7,21H,8H2. The van der Waals surface area contributed by atoms with E-state index in [1.807, 2.05) is 0 Å². The molecule has 2 aromatic heterocycles. The van der Waals surface area contributed by atoms with E-state index in [1.165, 1.54) is 18.3 Å². The lowest BCUT2D eigenvalue weighted by molar-refractivity contribution is -0.385. The van der Waals surface area contributed by atoms with Crippen molar-refractivity contribution in [1.82, 2.24) is 9.38 Å². The largest absolute Gasteiger partial charge is 0.416 e. The molecular weight excluding hydrogens is 372 g/mol. The maximum Gasteiger partial charge on any atom is 0.416 e. The molecule has 1 aromatic carbocycles. The molecule has 0 unspecified atom stereocenters. The van der Waals surface area contributed by atoms with Crippen LogP contribution in [0.3, 0.4) is 0 Å². The van der Waals surface area contributed by atoms with E-state index in [4.69, 9.17) is 0 Å². The van der Waals surface area contributed by atoms with Gasteiger partial charge in [-0.3, -0.25) is 19.3 Å². The third-order valence-corrected chi connectivity index (χ3v) is 3.72. The second-order valence-electron chi connectivity index (χ2n) is 5.45. The molecule has 0 amide bonds. The molecule has 2 heterocycles. The van der Waals surface area contributed by atoms with Crippen molar-refractivity contribution in [2.45, 2.75) is 12.7 Å². The van der Waals surface area contributed by atoms with Gasteiger partial charge in [-0.25, -0.2) is 9.37 Å². The van der Waals surface area contributed by atoms with Crippen LogP contribution in [-0.2, 0) is 12.7 Å². The van der Waals surface area contributed by atoms with Crippen LogP contribution >= 0.6 is 0 Å². The minimum Gasteiger partial charge on any atom is -0.360 e. The Labute approximate surface area is 148 Å². The minimum atomic E-state index is -4.82. The maximum atomic E-state index is 13.2. The fraction of sp³-hybridized carbons (Fsp3) is 0.125. The van der Waals surface area contributed by atoms with Crippen LogP contribution in [0.1, 0.15) is 11.1 Å². The van der Waals surface area contributed by atoms with Crippen molar-refractivity contribution >= 4 is 17.2 Å². The Morgan fingerprint density at radius 1 is 1.22 bits per heavy atom. The summed E-state index contributed by atoms with van der Waals surface area (Å²) in [4.78, 5) is 26.5. The van der Waals surface area contributed by atoms with Crippen molar-refractivity contribution in [3.63, 3.8) is 0 Å². The average Bonchev–Trinajstić information content (AvgIpc) is 2.59. The van der Waals surface area contributed by atoms with Crippen LogP contribution in [0.2, 0.25) is 0 Å². The van der Waals surface area contributed by atoms with Crippen LogP contribution in [-0.4, -0.2) is 14.3 Å². The van der Waals surface area contributed by atoms with E-state index in [2.05, 4.69) is 10.3 Å². The smallest absolute Gasteiger partial charge is 0.360 e. The van der Waals surface area contributed by atoms with Gasteiger partial charge < -0.3 is 5.32 Å². The summed E-state index contributed by atoms with van der Waals surface area (Å²) >= 11 is 0. The molecule has 0 saturated carbocycles. The number of aromatic nitrogens is 2. The number of nitrogens with zero attached hydrogens (tertiary/aromatic N) is 3. The first-order valence-electron chi connectivity index (χ1n) is 7.44. The second kappa shape index (κ2) is 6.67. The molecule has 0 radical (unpaired) electrons. The molecule has 3 aromatic rings. The van der Waals surface area contributed by atoms with Crippen molar-refractivity contribution in [1.29, 1.82) is 0 Å². The number of pyridine rings is 1. The molecule has 0 saturated heterocycles. The first-order valence-corrected chi connectivity index (χ1v) is 7.44. The zero-order valence-electron chi connectivity index (χ0n) is 13.3. The van der Waals surface area contributed by atoms with Gasteiger partial charge in [0.2, 0.25) is 5.82 Å². The van der Waals surface area contributed by atoms with Crippen molar-refractivity contribution in [3.8, 4) is 0 Å².